The Bertz CT molecular complexity index is 411. The summed E-state index contributed by atoms with van der Waals surface area (Å²) in [4.78, 5) is 11.9. The molecule has 1 saturated carbocycles. The molecule has 88 valence electrons. The lowest BCUT2D eigenvalue weighted by Crippen LogP contribution is -2.61. The van der Waals surface area contributed by atoms with Crippen molar-refractivity contribution in [3.8, 4) is 0 Å². The Labute approximate surface area is 99.5 Å². The van der Waals surface area contributed by atoms with Crippen LogP contribution in [0.2, 0.25) is 0 Å². The van der Waals surface area contributed by atoms with Gasteiger partial charge in [0.05, 0.1) is 11.7 Å². The Kier molecular flexibility index (Phi) is 2.80. The van der Waals surface area contributed by atoms with Crippen molar-refractivity contribution in [3.63, 3.8) is 0 Å². The lowest BCUT2D eigenvalue weighted by atomic mass is 9.64. The fourth-order valence-electron chi connectivity index (χ4n) is 1.98. The fraction of sp³-hybridized carbons (Fsp3) is 0.583. The number of aliphatic hydroxyl groups excluding tert-OH is 1. The molecule has 1 heterocycles. The van der Waals surface area contributed by atoms with Gasteiger partial charge >= 0.3 is 0 Å². The summed E-state index contributed by atoms with van der Waals surface area (Å²) in [5.41, 5.74) is 1.56. The quantitative estimate of drug-likeness (QED) is 0.828. The number of nitrogens with one attached hydrogen (secondary N) is 1. The number of thiophene rings is 1. The van der Waals surface area contributed by atoms with E-state index in [4.69, 9.17) is 0 Å². The van der Waals surface area contributed by atoms with Crippen molar-refractivity contribution in [1.29, 1.82) is 0 Å². The second-order valence-corrected chi connectivity index (χ2v) is 5.81. The first-order valence-corrected chi connectivity index (χ1v) is 6.39. The Balaban J connectivity index is 2.02. The van der Waals surface area contributed by atoms with Crippen molar-refractivity contribution >= 4 is 17.2 Å². The van der Waals surface area contributed by atoms with Gasteiger partial charge in [-0.3, -0.25) is 4.79 Å². The zero-order valence-electron chi connectivity index (χ0n) is 9.78. The molecule has 0 aromatic carbocycles. The zero-order valence-corrected chi connectivity index (χ0v) is 10.6. The number of rotatable bonds is 2. The van der Waals surface area contributed by atoms with Gasteiger partial charge in [-0.1, -0.05) is 13.8 Å². The third-order valence-corrected chi connectivity index (χ3v) is 4.48. The molecule has 2 atom stereocenters. The molecule has 4 heteroatoms. The first kappa shape index (κ1) is 11.6. The van der Waals surface area contributed by atoms with Crippen LogP contribution in [0, 0.1) is 12.3 Å². The Morgan fingerprint density at radius 2 is 2.25 bits per heavy atom. The summed E-state index contributed by atoms with van der Waals surface area (Å²) < 4.78 is 0. The highest BCUT2D eigenvalue weighted by atomic mass is 32.1. The van der Waals surface area contributed by atoms with Gasteiger partial charge in [0.15, 0.2) is 0 Å². The molecular weight excluding hydrogens is 222 g/mol. The summed E-state index contributed by atoms with van der Waals surface area (Å²) in [6.07, 6.45) is 0.350. The number of amides is 1. The maximum absolute atomic E-state index is 11.9. The standard InChI is InChI=1S/C12H17NO2S/c1-7-5-16-6-8(7)11(15)13-9-4-10(14)12(9,2)3/h5-6,9-10,14H,4H2,1-3H3,(H,13,15). The van der Waals surface area contributed by atoms with E-state index < -0.39 is 0 Å². The van der Waals surface area contributed by atoms with Crippen molar-refractivity contribution in [2.45, 2.75) is 39.3 Å². The molecule has 1 fully saturated rings. The number of aryl methyl sites for hydroxylation is 1. The Morgan fingerprint density at radius 3 is 2.69 bits per heavy atom. The van der Waals surface area contributed by atoms with Gasteiger partial charge in [-0.2, -0.15) is 11.3 Å². The van der Waals surface area contributed by atoms with Gasteiger partial charge in [0.25, 0.3) is 5.91 Å². The maximum atomic E-state index is 11.9. The molecule has 0 bridgehead atoms. The SMILES string of the molecule is Cc1cscc1C(=O)NC1CC(O)C1(C)C. The van der Waals surface area contributed by atoms with Gasteiger partial charge in [-0.25, -0.2) is 0 Å². The third-order valence-electron chi connectivity index (χ3n) is 3.62. The van der Waals surface area contributed by atoms with Gasteiger partial charge in [-0.05, 0) is 24.3 Å². The molecule has 1 aliphatic carbocycles. The number of aliphatic hydroxyl groups is 1. The Hall–Kier alpha value is -0.870. The summed E-state index contributed by atoms with van der Waals surface area (Å²) in [5, 5.41) is 16.4. The minimum Gasteiger partial charge on any atom is -0.392 e. The Morgan fingerprint density at radius 1 is 1.56 bits per heavy atom. The third kappa shape index (κ3) is 1.76. The predicted molar refractivity (Wildman–Crippen MR) is 64.7 cm³/mol. The monoisotopic (exact) mass is 239 g/mol. The average Bonchev–Trinajstić information content (AvgIpc) is 2.64. The van der Waals surface area contributed by atoms with Crippen LogP contribution < -0.4 is 5.32 Å². The van der Waals surface area contributed by atoms with E-state index in [1.807, 2.05) is 31.5 Å². The van der Waals surface area contributed by atoms with Crippen LogP contribution in [0.4, 0.5) is 0 Å². The number of carbonyl (C=O) groups excluding carboxylic acids is 1. The van der Waals surface area contributed by atoms with Crippen molar-refractivity contribution in [2.24, 2.45) is 5.41 Å². The van der Waals surface area contributed by atoms with Gasteiger partial charge in [0.1, 0.15) is 0 Å². The molecule has 2 unspecified atom stereocenters. The molecule has 2 N–H and O–H groups in total. The zero-order chi connectivity index (χ0) is 11.9. The van der Waals surface area contributed by atoms with Gasteiger partial charge in [0, 0.05) is 16.8 Å². The van der Waals surface area contributed by atoms with E-state index in [1.54, 1.807) is 0 Å². The molecule has 3 nitrogen and oxygen atoms in total. The molecule has 16 heavy (non-hydrogen) atoms. The first-order valence-electron chi connectivity index (χ1n) is 5.44. The highest BCUT2D eigenvalue weighted by Crippen LogP contribution is 2.40. The summed E-state index contributed by atoms with van der Waals surface area (Å²) in [6, 6.07) is 0.0781. The molecule has 0 spiro atoms. The van der Waals surface area contributed by atoms with Crippen LogP contribution in [0.1, 0.15) is 36.2 Å². The van der Waals surface area contributed by atoms with E-state index in [0.717, 1.165) is 11.1 Å². The number of hydrogen-bond acceptors (Lipinski definition) is 3. The van der Waals surface area contributed by atoms with Crippen LogP contribution in [0.3, 0.4) is 0 Å². The van der Waals surface area contributed by atoms with Crippen LogP contribution in [-0.4, -0.2) is 23.2 Å². The summed E-state index contributed by atoms with van der Waals surface area (Å²) >= 11 is 1.54. The topological polar surface area (TPSA) is 49.3 Å². The number of carbonyl (C=O) groups is 1. The van der Waals surface area contributed by atoms with Crippen LogP contribution in [0.5, 0.6) is 0 Å². The van der Waals surface area contributed by atoms with E-state index in [-0.39, 0.29) is 23.5 Å². The summed E-state index contributed by atoms with van der Waals surface area (Å²) in [7, 11) is 0. The van der Waals surface area contributed by atoms with Crippen molar-refractivity contribution < 1.29 is 9.90 Å². The molecule has 1 aromatic rings. The minimum atomic E-state index is -0.304. The van der Waals surface area contributed by atoms with Gasteiger partial charge in [0.2, 0.25) is 0 Å². The van der Waals surface area contributed by atoms with Crippen molar-refractivity contribution in [3.05, 3.63) is 21.9 Å². The second kappa shape index (κ2) is 3.86. The molecule has 0 aliphatic heterocycles. The average molecular weight is 239 g/mol. The summed E-state index contributed by atoms with van der Waals surface area (Å²) in [5.74, 6) is -0.0243. The molecule has 1 aliphatic rings. The lowest BCUT2D eigenvalue weighted by molar-refractivity contribution is -0.0689. The summed E-state index contributed by atoms with van der Waals surface area (Å²) in [6.45, 7) is 5.89. The molecule has 2 rings (SSSR count). The van der Waals surface area contributed by atoms with Crippen molar-refractivity contribution in [2.75, 3.05) is 0 Å². The van der Waals surface area contributed by atoms with Crippen molar-refractivity contribution in [1.82, 2.24) is 5.32 Å². The smallest absolute Gasteiger partial charge is 0.252 e. The van der Waals surface area contributed by atoms with Gasteiger partial charge < -0.3 is 10.4 Å². The minimum absolute atomic E-state index is 0.0243. The normalized spacial score (nSPS) is 27.2. The van der Waals surface area contributed by atoms with E-state index in [0.29, 0.717) is 6.42 Å². The van der Waals surface area contributed by atoms with Crippen LogP contribution in [0.25, 0.3) is 0 Å². The second-order valence-electron chi connectivity index (χ2n) is 5.07. The largest absolute Gasteiger partial charge is 0.392 e. The highest BCUT2D eigenvalue weighted by molar-refractivity contribution is 7.08. The van der Waals surface area contributed by atoms with E-state index in [1.165, 1.54) is 11.3 Å². The van der Waals surface area contributed by atoms with Crippen LogP contribution in [-0.2, 0) is 0 Å². The fourth-order valence-corrected chi connectivity index (χ4v) is 2.80. The molecule has 1 aromatic heterocycles. The van der Waals surface area contributed by atoms with E-state index >= 15 is 0 Å². The molecule has 0 saturated heterocycles. The maximum Gasteiger partial charge on any atom is 0.252 e. The van der Waals surface area contributed by atoms with Crippen LogP contribution in [0.15, 0.2) is 10.8 Å². The number of hydrogen-bond donors (Lipinski definition) is 2. The van der Waals surface area contributed by atoms with E-state index in [2.05, 4.69) is 5.32 Å². The molecule has 1 amide bonds. The first-order chi connectivity index (χ1) is 7.43. The lowest BCUT2D eigenvalue weighted by Gasteiger charge is -2.49. The highest BCUT2D eigenvalue weighted by Gasteiger charge is 2.48. The van der Waals surface area contributed by atoms with E-state index in [9.17, 15) is 9.90 Å². The predicted octanol–water partition coefficient (Wildman–Crippen LogP) is 1.95. The molecular formula is C12H17NO2S. The van der Waals surface area contributed by atoms with Gasteiger partial charge in [-0.15, -0.1) is 0 Å². The molecule has 0 radical (unpaired) electrons. The van der Waals surface area contributed by atoms with Crippen LogP contribution >= 0.6 is 11.3 Å².